The molecule has 0 aromatic heterocycles. The number of sulfonamides is 1. The van der Waals surface area contributed by atoms with Crippen molar-refractivity contribution in [1.29, 1.82) is 0 Å². The van der Waals surface area contributed by atoms with Crippen molar-refractivity contribution in [3.63, 3.8) is 0 Å². The number of nitrogens with one attached hydrogen (secondary N) is 1. The summed E-state index contributed by atoms with van der Waals surface area (Å²) < 4.78 is 92.7. The number of esters is 1. The van der Waals surface area contributed by atoms with Crippen LogP contribution < -0.4 is 4.72 Å². The van der Waals surface area contributed by atoms with Crippen LogP contribution >= 0.6 is 11.6 Å². The van der Waals surface area contributed by atoms with E-state index in [-0.39, 0.29) is 6.61 Å². The number of halogens is 2. The molecule has 1 aliphatic carbocycles. The van der Waals surface area contributed by atoms with Gasteiger partial charge in [-0.3, -0.25) is 4.72 Å². The van der Waals surface area contributed by atoms with Crippen LogP contribution in [-0.2, 0) is 19.6 Å². The summed E-state index contributed by atoms with van der Waals surface area (Å²) in [6.07, 6.45) is -3.31. The van der Waals surface area contributed by atoms with Crippen LogP contribution in [0.5, 0.6) is 0 Å². The molecule has 0 aliphatic heterocycles. The summed E-state index contributed by atoms with van der Waals surface area (Å²) >= 11 is 5.78. The molecular formula is C15H17ClFNO4S. The summed E-state index contributed by atoms with van der Waals surface area (Å²) in [5.41, 5.74) is -1.31. The largest absolute Gasteiger partial charge is 0.463 e. The van der Waals surface area contributed by atoms with E-state index in [0.29, 0.717) is 0 Å². The van der Waals surface area contributed by atoms with Crippen molar-refractivity contribution in [3.8, 4) is 0 Å². The molecular weight excluding hydrogens is 345 g/mol. The minimum Gasteiger partial charge on any atom is -0.463 e. The predicted octanol–water partition coefficient (Wildman–Crippen LogP) is 3.26. The van der Waals surface area contributed by atoms with E-state index in [9.17, 15) is 17.6 Å². The zero-order valence-electron chi connectivity index (χ0n) is 18.0. The van der Waals surface area contributed by atoms with Gasteiger partial charge in [0.15, 0.2) is 0 Å². The van der Waals surface area contributed by atoms with Gasteiger partial charge in [-0.15, -0.1) is 0 Å². The second-order valence-electron chi connectivity index (χ2n) is 4.46. The molecule has 0 fully saturated rings. The van der Waals surface area contributed by atoms with E-state index < -0.39 is 86.7 Å². The van der Waals surface area contributed by atoms with E-state index in [1.165, 1.54) is 6.92 Å². The summed E-state index contributed by atoms with van der Waals surface area (Å²) in [4.78, 5) is 12.2. The van der Waals surface area contributed by atoms with Crippen LogP contribution in [0.2, 0.25) is 5.02 Å². The second-order valence-corrected chi connectivity index (χ2v) is 6.70. The number of carbonyl (C=O) groups is 1. The third-order valence-corrected chi connectivity index (χ3v) is 4.83. The summed E-state index contributed by atoms with van der Waals surface area (Å²) in [6, 6.07) is -3.53. The molecule has 126 valence electrons. The maximum atomic E-state index is 13.7. The molecule has 1 aliphatic rings. The predicted molar refractivity (Wildman–Crippen MR) is 86.3 cm³/mol. The Morgan fingerprint density at radius 1 is 1.61 bits per heavy atom. The van der Waals surface area contributed by atoms with Crippen LogP contribution in [-0.4, -0.2) is 26.2 Å². The highest BCUT2D eigenvalue weighted by Crippen LogP contribution is 2.30. The topological polar surface area (TPSA) is 72.5 Å². The van der Waals surface area contributed by atoms with Crippen LogP contribution in [0.4, 0.5) is 10.1 Å². The monoisotopic (exact) mass is 367 g/mol. The van der Waals surface area contributed by atoms with Gasteiger partial charge >= 0.3 is 5.97 Å². The molecule has 0 radical (unpaired) electrons. The number of ether oxygens (including phenoxy) is 1. The Morgan fingerprint density at radius 2 is 2.35 bits per heavy atom. The molecule has 0 amide bonds. The fourth-order valence-electron chi connectivity index (χ4n) is 1.90. The van der Waals surface area contributed by atoms with Crippen molar-refractivity contribution < 1.29 is 30.6 Å². The highest BCUT2D eigenvalue weighted by atomic mass is 35.5. The Balaban J connectivity index is 2.59. The lowest BCUT2D eigenvalue weighted by Crippen LogP contribution is -2.34. The van der Waals surface area contributed by atoms with E-state index in [0.717, 1.165) is 0 Å². The average molecular weight is 368 g/mol. The first-order chi connectivity index (χ1) is 13.2. The van der Waals surface area contributed by atoms with Gasteiger partial charge in [-0.2, -0.15) is 0 Å². The van der Waals surface area contributed by atoms with Crippen LogP contribution in [0.3, 0.4) is 0 Å². The lowest BCUT2D eigenvalue weighted by molar-refractivity contribution is -0.138. The summed E-state index contributed by atoms with van der Waals surface area (Å²) in [5, 5.41) is -2.62. The molecule has 1 aromatic rings. The van der Waals surface area contributed by atoms with Crippen molar-refractivity contribution in [2.24, 2.45) is 0 Å². The van der Waals surface area contributed by atoms with Crippen molar-refractivity contribution in [3.05, 3.63) is 40.6 Å². The molecule has 1 aromatic carbocycles. The smallest absolute Gasteiger partial charge is 0.335 e. The van der Waals surface area contributed by atoms with Gasteiger partial charge in [0.1, 0.15) is 11.1 Å². The third-order valence-electron chi connectivity index (χ3n) is 2.91. The van der Waals surface area contributed by atoms with Gasteiger partial charge in [-0.05, 0) is 44.3 Å². The fourth-order valence-corrected chi connectivity index (χ4v) is 3.54. The lowest BCUT2D eigenvalue weighted by Gasteiger charge is -2.24. The molecule has 1 N–H and O–H groups in total. The van der Waals surface area contributed by atoms with Crippen LogP contribution in [0.15, 0.2) is 29.8 Å². The Labute approximate surface area is 148 Å². The number of carbonyl (C=O) groups excluding carboxylic acids is 1. The molecule has 0 saturated heterocycles. The number of hydrogen-bond acceptors (Lipinski definition) is 4. The number of benzene rings is 1. The molecule has 5 nitrogen and oxygen atoms in total. The van der Waals surface area contributed by atoms with Crippen LogP contribution in [0.1, 0.15) is 34.4 Å². The molecule has 0 bridgehead atoms. The van der Waals surface area contributed by atoms with E-state index in [1.807, 2.05) is 4.72 Å². The average Bonchev–Trinajstić information content (AvgIpc) is 2.60. The van der Waals surface area contributed by atoms with E-state index in [4.69, 9.17) is 24.6 Å². The van der Waals surface area contributed by atoms with Gasteiger partial charge in [-0.1, -0.05) is 17.7 Å². The van der Waals surface area contributed by atoms with Gasteiger partial charge in [-0.25, -0.2) is 17.6 Å². The quantitative estimate of drug-likeness (QED) is 0.811. The summed E-state index contributed by atoms with van der Waals surface area (Å²) in [7, 11) is -4.71. The first kappa shape index (κ1) is 11.0. The Kier molecular flexibility index (Phi) is 3.51. The highest BCUT2D eigenvalue weighted by molar-refractivity contribution is 7.93. The van der Waals surface area contributed by atoms with Crippen LogP contribution in [0.25, 0.3) is 0 Å². The Bertz CT molecular complexity index is 972. The van der Waals surface area contributed by atoms with Gasteiger partial charge in [0.2, 0.25) is 10.0 Å². The molecule has 1 atom stereocenters. The van der Waals surface area contributed by atoms with Gasteiger partial charge in [0, 0.05) is 2.74 Å². The third kappa shape index (κ3) is 4.23. The highest BCUT2D eigenvalue weighted by Gasteiger charge is 2.35. The van der Waals surface area contributed by atoms with Gasteiger partial charge in [0.25, 0.3) is 0 Å². The molecule has 23 heavy (non-hydrogen) atoms. The zero-order chi connectivity index (χ0) is 22.3. The standard InChI is InChI=1S/C15H17ClFNO4S/c1-2-22-15(19)11-5-3-4-6-14(11)23(20,21)18-13-8-7-10(17)9-12(13)16/h5,7-9,14,18H,2-4,6H2,1H3/t14-/m1/s1/i4D2,5D,7D,8D,9D. The molecule has 0 heterocycles. The van der Waals surface area contributed by atoms with Crippen LogP contribution in [0, 0.1) is 5.82 Å². The first-order valence-electron chi connectivity index (χ1n) is 9.56. The minimum absolute atomic E-state index is 0.103. The number of allylic oxidation sites excluding steroid dienone is 1. The maximum Gasteiger partial charge on any atom is 0.335 e. The van der Waals surface area contributed by atoms with Crippen molar-refractivity contribution in [1.82, 2.24) is 0 Å². The fraction of sp³-hybridized carbons (Fsp3) is 0.400. The lowest BCUT2D eigenvalue weighted by atomic mass is 9.99. The van der Waals surface area contributed by atoms with Crippen molar-refractivity contribution in [2.45, 2.75) is 31.4 Å². The van der Waals surface area contributed by atoms with Gasteiger partial charge in [0.05, 0.1) is 28.4 Å². The summed E-state index contributed by atoms with van der Waals surface area (Å²) in [5.74, 6) is -2.50. The summed E-state index contributed by atoms with van der Waals surface area (Å²) in [6.45, 7) is 1.37. The minimum atomic E-state index is -4.71. The molecule has 2 rings (SSSR count). The molecule has 0 unspecified atom stereocenters. The normalized spacial score (nSPS) is 24.6. The van der Waals surface area contributed by atoms with Gasteiger partial charge < -0.3 is 4.74 Å². The molecule has 0 saturated carbocycles. The number of rotatable bonds is 5. The zero-order valence-corrected chi connectivity index (χ0v) is 13.6. The first-order valence-corrected chi connectivity index (χ1v) is 8.49. The molecule has 8 heteroatoms. The van der Waals surface area contributed by atoms with Crippen molar-refractivity contribution >= 4 is 33.3 Å². The second kappa shape index (κ2) is 7.31. The molecule has 0 spiro atoms. The van der Waals surface area contributed by atoms with E-state index >= 15 is 0 Å². The SMILES string of the molecule is [2H]C1=C(C(=O)OCC)[C@H](S(=O)(=O)Nc2c([2H])c([2H])c(F)c([2H])c2Cl)CC([2H])([2H])C1. The number of hydrogen-bond donors (Lipinski definition) is 1. The Morgan fingerprint density at radius 3 is 3.04 bits per heavy atom. The number of anilines is 1. The van der Waals surface area contributed by atoms with E-state index in [2.05, 4.69) is 0 Å². The van der Waals surface area contributed by atoms with Crippen molar-refractivity contribution in [2.75, 3.05) is 11.3 Å². The maximum absolute atomic E-state index is 13.7. The Hall–Kier alpha value is -1.60. The van der Waals surface area contributed by atoms with E-state index in [1.54, 1.807) is 0 Å².